The Morgan fingerprint density at radius 1 is 1.35 bits per heavy atom. The Bertz CT molecular complexity index is 435. The van der Waals surface area contributed by atoms with Crippen molar-refractivity contribution in [2.75, 3.05) is 19.4 Å². The Hall–Kier alpha value is -0.830. The van der Waals surface area contributed by atoms with E-state index in [1.165, 1.54) is 0 Å². The van der Waals surface area contributed by atoms with Crippen LogP contribution in [0.2, 0.25) is 0 Å². The molecule has 0 radical (unpaired) electrons. The van der Waals surface area contributed by atoms with Crippen LogP contribution in [0.5, 0.6) is 0 Å². The van der Waals surface area contributed by atoms with E-state index in [2.05, 4.69) is 4.74 Å². The summed E-state index contributed by atoms with van der Waals surface area (Å²) in [6, 6.07) is -0.912. The second kappa shape index (κ2) is 6.75. The number of hydrogen-bond acceptors (Lipinski definition) is 4. The van der Waals surface area contributed by atoms with E-state index >= 15 is 0 Å². The Kier molecular flexibility index (Phi) is 5.81. The van der Waals surface area contributed by atoms with E-state index in [-0.39, 0.29) is 6.54 Å². The predicted octanol–water partition coefficient (Wildman–Crippen LogP) is 1.69. The second-order valence-corrected chi connectivity index (χ2v) is 6.72. The quantitative estimate of drug-likeness (QED) is 0.724. The number of hydrogen-bond donors (Lipinski definition) is 0. The summed E-state index contributed by atoms with van der Waals surface area (Å²) in [6.07, 6.45) is -4.41. The van der Waals surface area contributed by atoms with Gasteiger partial charge in [-0.1, -0.05) is 0 Å². The van der Waals surface area contributed by atoms with Crippen molar-refractivity contribution in [2.45, 2.75) is 44.3 Å². The fourth-order valence-corrected chi connectivity index (χ4v) is 3.91. The molecule has 0 N–H and O–H groups in total. The first kappa shape index (κ1) is 17.2. The number of esters is 1. The number of carbonyl (C=O) groups excluding carboxylic acids is 1. The normalized spacial score (nSPS) is 21.7. The Morgan fingerprint density at radius 3 is 2.55 bits per heavy atom. The van der Waals surface area contributed by atoms with E-state index < -0.39 is 46.8 Å². The summed E-state index contributed by atoms with van der Waals surface area (Å²) in [5, 5.41) is 0. The monoisotopic (exact) mass is 317 g/mol. The van der Waals surface area contributed by atoms with Gasteiger partial charge in [-0.3, -0.25) is 4.79 Å². The number of sulfonamides is 1. The minimum atomic E-state index is -4.38. The van der Waals surface area contributed by atoms with Gasteiger partial charge in [0.15, 0.2) is 0 Å². The van der Waals surface area contributed by atoms with Crippen molar-refractivity contribution in [1.29, 1.82) is 0 Å². The molecule has 1 aliphatic rings. The lowest BCUT2D eigenvalue weighted by molar-refractivity contribution is -0.146. The van der Waals surface area contributed by atoms with Crippen molar-refractivity contribution in [2.24, 2.45) is 0 Å². The summed E-state index contributed by atoms with van der Waals surface area (Å²) < 4.78 is 65.8. The largest absolute Gasteiger partial charge is 0.468 e. The summed E-state index contributed by atoms with van der Waals surface area (Å²) >= 11 is 0. The van der Waals surface area contributed by atoms with Gasteiger partial charge >= 0.3 is 12.1 Å². The van der Waals surface area contributed by atoms with Crippen LogP contribution >= 0.6 is 0 Å². The molecular weight excluding hydrogens is 299 g/mol. The number of nitrogens with zero attached hydrogens (tertiary/aromatic N) is 1. The number of rotatable bonds is 5. The van der Waals surface area contributed by atoms with Gasteiger partial charge in [-0.15, -0.1) is 0 Å². The van der Waals surface area contributed by atoms with E-state index in [1.807, 2.05) is 0 Å². The fraction of sp³-hybridized carbons (Fsp3) is 0.909. The number of ether oxygens (including phenoxy) is 1. The van der Waals surface area contributed by atoms with Crippen molar-refractivity contribution in [3.63, 3.8) is 0 Å². The van der Waals surface area contributed by atoms with Gasteiger partial charge < -0.3 is 4.74 Å². The topological polar surface area (TPSA) is 63.7 Å². The first-order chi connectivity index (χ1) is 9.17. The van der Waals surface area contributed by atoms with Crippen LogP contribution in [-0.2, 0) is 19.6 Å². The van der Waals surface area contributed by atoms with E-state index in [0.717, 1.165) is 11.4 Å². The van der Waals surface area contributed by atoms with E-state index in [1.54, 1.807) is 0 Å². The molecule has 0 aromatic carbocycles. The highest BCUT2D eigenvalue weighted by Crippen LogP contribution is 2.25. The molecule has 0 bridgehead atoms. The van der Waals surface area contributed by atoms with Crippen LogP contribution < -0.4 is 0 Å². The number of halogens is 3. The maximum absolute atomic E-state index is 12.1. The van der Waals surface area contributed by atoms with Gasteiger partial charge in [-0.2, -0.15) is 17.5 Å². The van der Waals surface area contributed by atoms with Gasteiger partial charge in [0.2, 0.25) is 10.0 Å². The van der Waals surface area contributed by atoms with E-state index in [4.69, 9.17) is 0 Å². The van der Waals surface area contributed by atoms with Crippen LogP contribution in [0.4, 0.5) is 13.2 Å². The third-order valence-corrected chi connectivity index (χ3v) is 5.10. The van der Waals surface area contributed by atoms with Gasteiger partial charge in [0.25, 0.3) is 0 Å². The van der Waals surface area contributed by atoms with Crippen molar-refractivity contribution < 1.29 is 31.1 Å². The van der Waals surface area contributed by atoms with Gasteiger partial charge in [0, 0.05) is 13.0 Å². The molecule has 1 rings (SSSR count). The molecule has 0 aromatic heterocycles. The molecule has 5 nitrogen and oxygen atoms in total. The zero-order valence-electron chi connectivity index (χ0n) is 11.1. The highest BCUT2D eigenvalue weighted by molar-refractivity contribution is 7.89. The fourth-order valence-electron chi connectivity index (χ4n) is 2.18. The van der Waals surface area contributed by atoms with Crippen LogP contribution in [0.3, 0.4) is 0 Å². The third-order valence-electron chi connectivity index (χ3n) is 3.15. The highest BCUT2D eigenvalue weighted by atomic mass is 32.2. The number of alkyl halides is 3. The molecule has 9 heteroatoms. The van der Waals surface area contributed by atoms with Crippen LogP contribution in [0.25, 0.3) is 0 Å². The van der Waals surface area contributed by atoms with Crippen molar-refractivity contribution >= 4 is 16.0 Å². The van der Waals surface area contributed by atoms with Gasteiger partial charge in [0.1, 0.15) is 6.04 Å². The SMILES string of the molecule is COC(=O)[C@H]1CCCCN1S(=O)(=O)CCCC(F)(F)F. The number of carbonyl (C=O) groups is 1. The molecule has 20 heavy (non-hydrogen) atoms. The van der Waals surface area contributed by atoms with Gasteiger partial charge in [-0.25, -0.2) is 8.42 Å². The average Bonchev–Trinajstić information content (AvgIpc) is 2.36. The number of methoxy groups -OCH3 is 1. The molecule has 118 valence electrons. The van der Waals surface area contributed by atoms with Gasteiger partial charge in [-0.05, 0) is 25.7 Å². The minimum absolute atomic E-state index is 0.147. The second-order valence-electron chi connectivity index (χ2n) is 4.68. The molecule has 0 amide bonds. The maximum atomic E-state index is 12.1. The Balaban J connectivity index is 2.70. The summed E-state index contributed by atoms with van der Waals surface area (Å²) in [7, 11) is -2.72. The first-order valence-corrected chi connectivity index (χ1v) is 7.92. The number of piperidine rings is 1. The van der Waals surface area contributed by atoms with Gasteiger partial charge in [0.05, 0.1) is 12.9 Å². The molecule has 1 fully saturated rings. The molecular formula is C11H18F3NO4S. The molecule has 1 atom stereocenters. The predicted molar refractivity (Wildman–Crippen MR) is 65.4 cm³/mol. The Morgan fingerprint density at radius 2 is 2.00 bits per heavy atom. The molecule has 0 aromatic rings. The zero-order valence-corrected chi connectivity index (χ0v) is 12.0. The summed E-state index contributed by atoms with van der Waals surface area (Å²) in [4.78, 5) is 11.5. The molecule has 1 heterocycles. The minimum Gasteiger partial charge on any atom is -0.468 e. The zero-order chi connectivity index (χ0) is 15.4. The van der Waals surface area contributed by atoms with Crippen molar-refractivity contribution in [1.82, 2.24) is 4.31 Å². The lowest BCUT2D eigenvalue weighted by atomic mass is 10.1. The molecule has 0 saturated carbocycles. The molecule has 0 unspecified atom stereocenters. The van der Waals surface area contributed by atoms with E-state index in [9.17, 15) is 26.4 Å². The standard InChI is InChI=1S/C11H18F3NO4S/c1-19-10(16)9-5-2-3-7-15(9)20(17,18)8-4-6-11(12,13)14/h9H,2-8H2,1H3/t9-/m1/s1. The molecule has 1 aliphatic heterocycles. The highest BCUT2D eigenvalue weighted by Gasteiger charge is 2.37. The van der Waals surface area contributed by atoms with Crippen LogP contribution in [0, 0.1) is 0 Å². The lowest BCUT2D eigenvalue weighted by Crippen LogP contribution is -2.49. The molecule has 0 spiro atoms. The van der Waals surface area contributed by atoms with Crippen molar-refractivity contribution in [3.8, 4) is 0 Å². The van der Waals surface area contributed by atoms with Crippen LogP contribution in [-0.4, -0.2) is 50.3 Å². The lowest BCUT2D eigenvalue weighted by Gasteiger charge is -2.32. The maximum Gasteiger partial charge on any atom is 0.389 e. The molecule has 1 saturated heterocycles. The Labute approximate surface area is 116 Å². The summed E-state index contributed by atoms with van der Waals surface area (Å²) in [5.41, 5.74) is 0. The summed E-state index contributed by atoms with van der Waals surface area (Å²) in [5.74, 6) is -1.27. The van der Waals surface area contributed by atoms with Crippen LogP contribution in [0.1, 0.15) is 32.1 Å². The third kappa shape index (κ3) is 4.93. The van der Waals surface area contributed by atoms with Crippen LogP contribution in [0.15, 0.2) is 0 Å². The smallest absolute Gasteiger partial charge is 0.389 e. The molecule has 0 aliphatic carbocycles. The average molecular weight is 317 g/mol. The summed E-state index contributed by atoms with van der Waals surface area (Å²) in [6.45, 7) is 0.147. The van der Waals surface area contributed by atoms with E-state index in [0.29, 0.717) is 19.3 Å². The van der Waals surface area contributed by atoms with Crippen molar-refractivity contribution in [3.05, 3.63) is 0 Å². The first-order valence-electron chi connectivity index (χ1n) is 6.31.